The van der Waals surface area contributed by atoms with Gasteiger partial charge in [0.15, 0.2) is 11.0 Å². The third-order valence-electron chi connectivity index (χ3n) is 5.23. The number of hydrogen-bond acceptors (Lipinski definition) is 5. The summed E-state index contributed by atoms with van der Waals surface area (Å²) in [5, 5.41) is 13.0. The molecule has 5 aromatic rings. The second-order valence-corrected chi connectivity index (χ2v) is 8.96. The number of thioether (sulfide) groups is 1. The van der Waals surface area contributed by atoms with Crippen LogP contribution in [0.5, 0.6) is 0 Å². The molecule has 3 aromatic carbocycles. The maximum Gasteiger partial charge on any atom is 0.234 e. The first-order valence-corrected chi connectivity index (χ1v) is 12.3. The van der Waals surface area contributed by atoms with Crippen molar-refractivity contribution in [3.63, 3.8) is 0 Å². The van der Waals surface area contributed by atoms with E-state index >= 15 is 0 Å². The van der Waals surface area contributed by atoms with Crippen LogP contribution in [0.4, 0.5) is 5.69 Å². The zero-order valence-electron chi connectivity index (χ0n) is 18.5. The van der Waals surface area contributed by atoms with Crippen molar-refractivity contribution in [3.05, 3.63) is 108 Å². The SMILES string of the molecule is O=C(CSc1nnc(-c2ccccn2)n1-c1ccc(Cl)cc1)Nc1ccccc1-c1ccccc1. The van der Waals surface area contributed by atoms with Crippen molar-refractivity contribution >= 4 is 35.0 Å². The number of benzene rings is 3. The zero-order valence-corrected chi connectivity index (χ0v) is 20.1. The van der Waals surface area contributed by atoms with Crippen LogP contribution in [0.25, 0.3) is 28.3 Å². The number of carbonyl (C=O) groups is 1. The van der Waals surface area contributed by atoms with Gasteiger partial charge < -0.3 is 5.32 Å². The van der Waals surface area contributed by atoms with Gasteiger partial charge in [0, 0.05) is 28.2 Å². The van der Waals surface area contributed by atoms with Crippen molar-refractivity contribution in [2.75, 3.05) is 11.1 Å². The van der Waals surface area contributed by atoms with Crippen LogP contribution in [0.1, 0.15) is 0 Å². The second kappa shape index (κ2) is 10.5. The zero-order chi connectivity index (χ0) is 24.0. The highest BCUT2D eigenvalue weighted by Gasteiger charge is 2.18. The highest BCUT2D eigenvalue weighted by atomic mass is 35.5. The Morgan fingerprint density at radius 3 is 2.37 bits per heavy atom. The quantitative estimate of drug-likeness (QED) is 0.264. The lowest BCUT2D eigenvalue weighted by Gasteiger charge is -2.12. The molecule has 8 heteroatoms. The van der Waals surface area contributed by atoms with E-state index in [9.17, 15) is 4.79 Å². The molecule has 0 radical (unpaired) electrons. The van der Waals surface area contributed by atoms with Gasteiger partial charge in [-0.15, -0.1) is 10.2 Å². The monoisotopic (exact) mass is 497 g/mol. The number of para-hydroxylation sites is 1. The Morgan fingerprint density at radius 2 is 1.60 bits per heavy atom. The van der Waals surface area contributed by atoms with Crippen LogP contribution in [0.3, 0.4) is 0 Å². The summed E-state index contributed by atoms with van der Waals surface area (Å²) in [6.07, 6.45) is 1.71. The number of amides is 1. The Morgan fingerprint density at radius 1 is 0.857 bits per heavy atom. The summed E-state index contributed by atoms with van der Waals surface area (Å²) < 4.78 is 1.88. The molecule has 0 fully saturated rings. The van der Waals surface area contributed by atoms with Gasteiger partial charge in [0.05, 0.1) is 5.75 Å². The van der Waals surface area contributed by atoms with E-state index < -0.39 is 0 Å². The van der Waals surface area contributed by atoms with Crippen molar-refractivity contribution in [2.45, 2.75) is 5.16 Å². The topological polar surface area (TPSA) is 72.7 Å². The summed E-state index contributed by atoms with van der Waals surface area (Å²) >= 11 is 7.40. The van der Waals surface area contributed by atoms with Crippen LogP contribution < -0.4 is 5.32 Å². The van der Waals surface area contributed by atoms with E-state index in [4.69, 9.17) is 11.6 Å². The van der Waals surface area contributed by atoms with E-state index in [2.05, 4.69) is 20.5 Å². The molecule has 0 bridgehead atoms. The Labute approximate surface area is 212 Å². The maximum atomic E-state index is 12.9. The number of aromatic nitrogens is 4. The molecule has 0 aliphatic rings. The van der Waals surface area contributed by atoms with Crippen molar-refractivity contribution < 1.29 is 4.79 Å². The summed E-state index contributed by atoms with van der Waals surface area (Å²) in [4.78, 5) is 17.3. The summed E-state index contributed by atoms with van der Waals surface area (Å²) in [6, 6.07) is 30.7. The molecule has 6 nitrogen and oxygen atoms in total. The van der Waals surface area contributed by atoms with Crippen LogP contribution in [0, 0.1) is 0 Å². The average Bonchev–Trinajstić information content (AvgIpc) is 3.33. The Hall–Kier alpha value is -3.94. The third-order valence-corrected chi connectivity index (χ3v) is 6.41. The van der Waals surface area contributed by atoms with E-state index in [1.807, 2.05) is 89.5 Å². The van der Waals surface area contributed by atoms with Crippen LogP contribution in [-0.2, 0) is 4.79 Å². The van der Waals surface area contributed by atoms with Gasteiger partial charge in [-0.05, 0) is 48.0 Å². The number of rotatable bonds is 7. The molecule has 5 rings (SSSR count). The Balaban J connectivity index is 1.38. The first-order valence-electron chi connectivity index (χ1n) is 10.9. The lowest BCUT2D eigenvalue weighted by Crippen LogP contribution is -2.15. The molecule has 172 valence electrons. The lowest BCUT2D eigenvalue weighted by atomic mass is 10.0. The Kier molecular flexibility index (Phi) is 6.88. The van der Waals surface area contributed by atoms with Gasteiger partial charge in [-0.1, -0.05) is 78.0 Å². The van der Waals surface area contributed by atoms with Crippen molar-refractivity contribution in [1.82, 2.24) is 19.7 Å². The predicted octanol–water partition coefficient (Wildman–Crippen LogP) is 6.38. The van der Waals surface area contributed by atoms with Crippen LogP contribution in [-0.4, -0.2) is 31.4 Å². The number of carbonyl (C=O) groups excluding carboxylic acids is 1. The fraction of sp³-hybridized carbons (Fsp3) is 0.0370. The van der Waals surface area contributed by atoms with Gasteiger partial charge in [-0.2, -0.15) is 0 Å². The molecule has 2 heterocycles. The van der Waals surface area contributed by atoms with Crippen molar-refractivity contribution in [1.29, 1.82) is 0 Å². The molecule has 0 aliphatic carbocycles. The second-order valence-electron chi connectivity index (χ2n) is 7.58. The first-order chi connectivity index (χ1) is 17.2. The number of nitrogens with one attached hydrogen (secondary N) is 1. The minimum Gasteiger partial charge on any atom is -0.325 e. The van der Waals surface area contributed by atoms with Gasteiger partial charge in [-0.3, -0.25) is 14.3 Å². The molecule has 2 aromatic heterocycles. The molecule has 0 saturated carbocycles. The summed E-state index contributed by atoms with van der Waals surface area (Å²) in [6.45, 7) is 0. The number of hydrogen-bond donors (Lipinski definition) is 1. The fourth-order valence-electron chi connectivity index (χ4n) is 3.63. The van der Waals surface area contributed by atoms with Crippen LogP contribution >= 0.6 is 23.4 Å². The minimum atomic E-state index is -0.136. The van der Waals surface area contributed by atoms with E-state index in [1.54, 1.807) is 18.3 Å². The first kappa shape index (κ1) is 22.8. The molecule has 0 unspecified atom stereocenters. The number of halogens is 1. The summed E-state index contributed by atoms with van der Waals surface area (Å²) in [5.74, 6) is 0.616. The van der Waals surface area contributed by atoms with Gasteiger partial charge in [0.1, 0.15) is 5.69 Å². The van der Waals surface area contributed by atoms with Gasteiger partial charge in [0.25, 0.3) is 0 Å². The highest BCUT2D eigenvalue weighted by molar-refractivity contribution is 7.99. The third kappa shape index (κ3) is 5.26. The normalized spacial score (nSPS) is 10.8. The van der Waals surface area contributed by atoms with E-state index in [0.717, 1.165) is 22.5 Å². The van der Waals surface area contributed by atoms with Gasteiger partial charge in [-0.25, -0.2) is 0 Å². The molecule has 1 amide bonds. The number of pyridine rings is 1. The molecule has 35 heavy (non-hydrogen) atoms. The molecule has 0 saturated heterocycles. The summed E-state index contributed by atoms with van der Waals surface area (Å²) in [5.41, 5.74) is 4.28. The minimum absolute atomic E-state index is 0.136. The Bertz CT molecular complexity index is 1440. The molecule has 0 spiro atoms. The lowest BCUT2D eigenvalue weighted by molar-refractivity contribution is -0.113. The van der Waals surface area contributed by atoms with Crippen molar-refractivity contribution in [3.8, 4) is 28.3 Å². The predicted molar refractivity (Wildman–Crippen MR) is 141 cm³/mol. The van der Waals surface area contributed by atoms with Crippen molar-refractivity contribution in [2.24, 2.45) is 0 Å². The van der Waals surface area contributed by atoms with E-state index in [0.29, 0.717) is 21.7 Å². The molecule has 0 aliphatic heterocycles. The molecular formula is C27H20ClN5OS. The van der Waals surface area contributed by atoms with E-state index in [1.165, 1.54) is 11.8 Å². The fourth-order valence-corrected chi connectivity index (χ4v) is 4.50. The van der Waals surface area contributed by atoms with Crippen LogP contribution in [0.2, 0.25) is 5.02 Å². The van der Waals surface area contributed by atoms with Gasteiger partial charge in [0.2, 0.25) is 5.91 Å². The molecule has 0 atom stereocenters. The standard InChI is InChI=1S/C27H20ClN5OS/c28-20-13-15-21(16-14-20)33-26(24-12-6-7-17-29-24)31-32-27(33)35-18-25(34)30-23-11-5-4-10-22(23)19-8-2-1-3-9-19/h1-17H,18H2,(H,30,34). The largest absolute Gasteiger partial charge is 0.325 e. The number of anilines is 1. The molecule has 1 N–H and O–H groups in total. The maximum absolute atomic E-state index is 12.9. The highest BCUT2D eigenvalue weighted by Crippen LogP contribution is 2.30. The molecular weight excluding hydrogens is 478 g/mol. The van der Waals surface area contributed by atoms with E-state index in [-0.39, 0.29) is 11.7 Å². The number of nitrogens with zero attached hydrogens (tertiary/aromatic N) is 4. The summed E-state index contributed by atoms with van der Waals surface area (Å²) in [7, 11) is 0. The van der Waals surface area contributed by atoms with Crippen LogP contribution in [0.15, 0.2) is 108 Å². The smallest absolute Gasteiger partial charge is 0.234 e. The van der Waals surface area contributed by atoms with Gasteiger partial charge >= 0.3 is 0 Å². The average molecular weight is 498 g/mol.